The van der Waals surface area contributed by atoms with Crippen molar-refractivity contribution in [2.45, 2.75) is 25.8 Å². The number of esters is 1. The highest BCUT2D eigenvalue weighted by molar-refractivity contribution is 5.99. The zero-order chi connectivity index (χ0) is 20.8. The summed E-state index contributed by atoms with van der Waals surface area (Å²) in [5, 5.41) is 17.0. The summed E-state index contributed by atoms with van der Waals surface area (Å²) in [4.78, 5) is 36.4. The van der Waals surface area contributed by atoms with E-state index in [-0.39, 0.29) is 30.1 Å². The molecule has 0 aliphatic carbocycles. The molecule has 0 aromatic heterocycles. The van der Waals surface area contributed by atoms with Crippen LogP contribution in [-0.2, 0) is 14.3 Å². The van der Waals surface area contributed by atoms with Crippen LogP contribution in [0, 0.1) is 5.92 Å². The second-order valence-corrected chi connectivity index (χ2v) is 6.95. The van der Waals surface area contributed by atoms with Gasteiger partial charge in [-0.2, -0.15) is 0 Å². The highest BCUT2D eigenvalue weighted by atomic mass is 16.5. The van der Waals surface area contributed by atoms with Crippen LogP contribution >= 0.6 is 0 Å². The molecule has 29 heavy (non-hydrogen) atoms. The predicted octanol–water partition coefficient (Wildman–Crippen LogP) is 2.29. The number of aromatic hydroxyl groups is 1. The zero-order valence-corrected chi connectivity index (χ0v) is 16.2. The lowest BCUT2D eigenvalue weighted by molar-refractivity contribution is -0.137. The van der Waals surface area contributed by atoms with Gasteiger partial charge in [-0.3, -0.25) is 9.59 Å². The largest absolute Gasteiger partial charge is 0.508 e. The smallest absolute Gasteiger partial charge is 0.330 e. The van der Waals surface area contributed by atoms with E-state index in [1.54, 1.807) is 49.4 Å². The molecule has 0 radical (unpaired) electrons. The van der Waals surface area contributed by atoms with Crippen LogP contribution in [0.2, 0.25) is 0 Å². The molecule has 152 valence electrons. The molecule has 1 heterocycles. The van der Waals surface area contributed by atoms with Crippen LogP contribution < -0.4 is 10.6 Å². The van der Waals surface area contributed by atoms with Crippen LogP contribution in [0.3, 0.4) is 0 Å². The highest BCUT2D eigenvalue weighted by Crippen LogP contribution is 2.22. The average molecular weight is 396 g/mol. The quantitative estimate of drug-likeness (QED) is 0.492. The number of phenolic OH excluding ortho intramolecular Hbond substituents is 1. The fraction of sp³-hybridized carbons (Fsp3) is 0.318. The molecule has 2 aromatic rings. The maximum absolute atomic E-state index is 12.8. The molecular formula is C22H24N2O5. The molecular weight excluding hydrogens is 372 g/mol. The monoisotopic (exact) mass is 396 g/mol. The van der Waals surface area contributed by atoms with Crippen molar-refractivity contribution in [1.82, 2.24) is 10.6 Å². The maximum atomic E-state index is 12.8. The van der Waals surface area contributed by atoms with Gasteiger partial charge in [0.05, 0.1) is 6.61 Å². The number of ether oxygens (including phenoxy) is 1. The molecule has 1 fully saturated rings. The summed E-state index contributed by atoms with van der Waals surface area (Å²) < 4.78 is 4.89. The first-order valence-electron chi connectivity index (χ1n) is 9.62. The van der Waals surface area contributed by atoms with Crippen LogP contribution in [-0.4, -0.2) is 42.1 Å². The van der Waals surface area contributed by atoms with Gasteiger partial charge in [0.25, 0.3) is 5.91 Å². The Bertz CT molecular complexity index is 953. The molecule has 0 bridgehead atoms. The number of benzene rings is 2. The molecule has 0 unspecified atom stereocenters. The number of rotatable bonds is 7. The summed E-state index contributed by atoms with van der Waals surface area (Å²) in [6.07, 6.45) is 3.92. The van der Waals surface area contributed by atoms with Crippen molar-refractivity contribution in [3.63, 3.8) is 0 Å². The molecule has 7 heteroatoms. The van der Waals surface area contributed by atoms with Gasteiger partial charge < -0.3 is 20.5 Å². The van der Waals surface area contributed by atoms with Gasteiger partial charge in [0.1, 0.15) is 5.75 Å². The maximum Gasteiger partial charge on any atom is 0.330 e. The Morgan fingerprint density at radius 2 is 2.07 bits per heavy atom. The van der Waals surface area contributed by atoms with Gasteiger partial charge in [-0.1, -0.05) is 18.2 Å². The molecule has 2 amide bonds. The van der Waals surface area contributed by atoms with E-state index in [9.17, 15) is 19.5 Å². The van der Waals surface area contributed by atoms with Crippen molar-refractivity contribution in [2.75, 3.05) is 13.2 Å². The average Bonchev–Trinajstić information content (AvgIpc) is 3.10. The van der Waals surface area contributed by atoms with Gasteiger partial charge in [-0.05, 0) is 54.8 Å². The molecule has 1 saturated heterocycles. The fourth-order valence-electron chi connectivity index (χ4n) is 3.37. The Morgan fingerprint density at radius 1 is 1.28 bits per heavy atom. The number of hydrogen-bond acceptors (Lipinski definition) is 5. The summed E-state index contributed by atoms with van der Waals surface area (Å²) in [5.41, 5.74) is 0.425. The highest BCUT2D eigenvalue weighted by Gasteiger charge is 2.27. The minimum absolute atomic E-state index is 0.0463. The minimum atomic E-state index is -0.499. The van der Waals surface area contributed by atoms with Crippen molar-refractivity contribution in [3.8, 4) is 5.75 Å². The van der Waals surface area contributed by atoms with Gasteiger partial charge in [-0.15, -0.1) is 0 Å². The topological polar surface area (TPSA) is 105 Å². The van der Waals surface area contributed by atoms with Crippen LogP contribution in [0.5, 0.6) is 5.75 Å². The fourth-order valence-corrected chi connectivity index (χ4v) is 3.37. The summed E-state index contributed by atoms with van der Waals surface area (Å²) in [6.45, 7) is 2.58. The summed E-state index contributed by atoms with van der Waals surface area (Å²) >= 11 is 0. The Hall–Kier alpha value is -3.35. The molecule has 2 aromatic carbocycles. The van der Waals surface area contributed by atoms with Crippen LogP contribution in [0.4, 0.5) is 0 Å². The summed E-state index contributed by atoms with van der Waals surface area (Å²) in [7, 11) is 0. The van der Waals surface area contributed by atoms with Crippen molar-refractivity contribution < 1.29 is 24.2 Å². The third-order valence-electron chi connectivity index (χ3n) is 4.85. The Balaban J connectivity index is 1.77. The van der Waals surface area contributed by atoms with Crippen molar-refractivity contribution in [3.05, 3.63) is 54.1 Å². The number of hydrogen-bond donors (Lipinski definition) is 3. The standard InChI is InChI=1S/C22H24N2O5/c1-2-29-20(26)8-6-18(12-16-9-10-23-21(16)27)24-22(28)15-4-3-14-5-7-19(25)13-17(14)11-15/h3-8,11,13,16,18,25H,2,9-10,12H2,1H3,(H,23,27)(H,24,28)/t16-,18+/m0/s1. The first-order chi connectivity index (χ1) is 14.0. The summed E-state index contributed by atoms with van der Waals surface area (Å²) in [6, 6.07) is 9.65. The zero-order valence-electron chi connectivity index (χ0n) is 16.2. The molecule has 0 saturated carbocycles. The third-order valence-corrected chi connectivity index (χ3v) is 4.85. The second-order valence-electron chi connectivity index (χ2n) is 6.95. The Kier molecular flexibility index (Phi) is 6.49. The third kappa shape index (κ3) is 5.34. The van der Waals surface area contributed by atoms with Crippen molar-refractivity contribution in [1.29, 1.82) is 0 Å². The van der Waals surface area contributed by atoms with Gasteiger partial charge in [0, 0.05) is 30.1 Å². The van der Waals surface area contributed by atoms with E-state index >= 15 is 0 Å². The molecule has 2 atom stereocenters. The number of carbonyl (C=O) groups is 3. The molecule has 1 aliphatic rings. The van der Waals surface area contributed by atoms with E-state index in [0.29, 0.717) is 24.9 Å². The number of fused-ring (bicyclic) bond motifs is 1. The lowest BCUT2D eigenvalue weighted by Gasteiger charge is -2.18. The van der Waals surface area contributed by atoms with Crippen LogP contribution in [0.1, 0.15) is 30.1 Å². The van der Waals surface area contributed by atoms with E-state index in [0.717, 1.165) is 10.8 Å². The molecule has 1 aliphatic heterocycles. The van der Waals surface area contributed by atoms with E-state index in [1.165, 1.54) is 6.08 Å². The van der Waals surface area contributed by atoms with E-state index in [4.69, 9.17) is 4.74 Å². The SMILES string of the molecule is CCOC(=O)C=C[C@H](C[C@@H]1CCNC1=O)NC(=O)c1ccc2ccc(O)cc2c1. The lowest BCUT2D eigenvalue weighted by Crippen LogP contribution is -2.36. The number of phenols is 1. The van der Waals surface area contributed by atoms with Gasteiger partial charge in [0.15, 0.2) is 0 Å². The molecule has 0 spiro atoms. The van der Waals surface area contributed by atoms with Crippen LogP contribution in [0.25, 0.3) is 10.8 Å². The molecule has 3 N–H and O–H groups in total. The number of nitrogens with one attached hydrogen (secondary N) is 2. The first kappa shape index (κ1) is 20.4. The van der Waals surface area contributed by atoms with Gasteiger partial charge >= 0.3 is 5.97 Å². The lowest BCUT2D eigenvalue weighted by atomic mass is 9.97. The normalized spacial score (nSPS) is 17.3. The Morgan fingerprint density at radius 3 is 2.79 bits per heavy atom. The van der Waals surface area contributed by atoms with Gasteiger partial charge in [-0.25, -0.2) is 4.79 Å². The molecule has 7 nitrogen and oxygen atoms in total. The predicted molar refractivity (Wildman–Crippen MR) is 108 cm³/mol. The van der Waals surface area contributed by atoms with Crippen molar-refractivity contribution >= 4 is 28.6 Å². The van der Waals surface area contributed by atoms with Crippen molar-refractivity contribution in [2.24, 2.45) is 5.92 Å². The van der Waals surface area contributed by atoms with Gasteiger partial charge in [0.2, 0.25) is 5.91 Å². The van der Waals surface area contributed by atoms with E-state index in [1.807, 2.05) is 0 Å². The summed E-state index contributed by atoms with van der Waals surface area (Å²) in [5.74, 6) is -0.968. The van der Waals surface area contributed by atoms with E-state index in [2.05, 4.69) is 10.6 Å². The number of amides is 2. The van der Waals surface area contributed by atoms with E-state index < -0.39 is 12.0 Å². The first-order valence-corrected chi connectivity index (χ1v) is 9.62. The number of carbonyl (C=O) groups excluding carboxylic acids is 3. The molecule has 3 rings (SSSR count). The minimum Gasteiger partial charge on any atom is -0.508 e. The van der Waals surface area contributed by atoms with Crippen LogP contribution in [0.15, 0.2) is 48.6 Å². The Labute approximate surface area is 168 Å². The second kappa shape index (κ2) is 9.23.